The Hall–Kier alpha value is -2.75. The van der Waals surface area contributed by atoms with Gasteiger partial charge in [0.05, 0.1) is 0 Å². The maximum absolute atomic E-state index is 12.6. The number of fused-ring (bicyclic) bond motifs is 2. The molecule has 4 nitrogen and oxygen atoms in total. The van der Waals surface area contributed by atoms with Crippen LogP contribution in [0, 0.1) is 0 Å². The van der Waals surface area contributed by atoms with Gasteiger partial charge >= 0.3 is 0 Å². The molecule has 0 N–H and O–H groups in total. The third-order valence-corrected chi connectivity index (χ3v) is 4.26. The molecule has 0 saturated heterocycles. The van der Waals surface area contributed by atoms with Crippen LogP contribution in [0.3, 0.4) is 0 Å². The second kappa shape index (κ2) is 5.47. The van der Waals surface area contributed by atoms with Crippen LogP contribution >= 0.6 is 0 Å². The van der Waals surface area contributed by atoms with Crippen molar-refractivity contribution < 1.29 is 14.3 Å². The molecule has 0 bridgehead atoms. The molecule has 2 aliphatic rings. The van der Waals surface area contributed by atoms with E-state index >= 15 is 0 Å². The Bertz CT molecular complexity index is 797. The summed E-state index contributed by atoms with van der Waals surface area (Å²) >= 11 is 0. The molecule has 0 fully saturated rings. The summed E-state index contributed by atoms with van der Waals surface area (Å²) in [5.41, 5.74) is 3.16. The molecule has 0 unspecified atom stereocenters. The van der Waals surface area contributed by atoms with E-state index in [1.807, 2.05) is 47.4 Å². The molecule has 2 aliphatic heterocycles. The van der Waals surface area contributed by atoms with Crippen LogP contribution in [0.2, 0.25) is 0 Å². The average Bonchev–Trinajstić information content (AvgIpc) is 3.15. The monoisotopic (exact) mass is 307 g/mol. The van der Waals surface area contributed by atoms with Gasteiger partial charge in [-0.25, -0.2) is 0 Å². The third-order valence-electron chi connectivity index (χ3n) is 4.26. The molecule has 1 amide bonds. The second-order valence-corrected chi connectivity index (χ2v) is 5.84. The number of hydrogen-bond acceptors (Lipinski definition) is 3. The number of rotatable bonds is 2. The maximum Gasteiger partial charge on any atom is 0.251 e. The lowest BCUT2D eigenvalue weighted by atomic mass is 10.1. The first-order valence-corrected chi connectivity index (χ1v) is 7.71. The molecule has 116 valence electrons. The predicted molar refractivity (Wildman–Crippen MR) is 88.7 cm³/mol. The van der Waals surface area contributed by atoms with E-state index in [0.717, 1.165) is 29.2 Å². The number of hydrogen-bond donors (Lipinski definition) is 0. The molecule has 0 spiro atoms. The zero-order valence-corrected chi connectivity index (χ0v) is 12.9. The first-order chi connectivity index (χ1) is 11.2. The molecule has 23 heavy (non-hydrogen) atoms. The van der Waals surface area contributed by atoms with Gasteiger partial charge < -0.3 is 14.4 Å². The molecule has 4 heteroatoms. The van der Waals surface area contributed by atoms with Gasteiger partial charge in [0.2, 0.25) is 6.79 Å². The Morgan fingerprint density at radius 2 is 2.00 bits per heavy atom. The highest BCUT2D eigenvalue weighted by molar-refractivity contribution is 6.05. The van der Waals surface area contributed by atoms with Crippen molar-refractivity contribution in [1.29, 1.82) is 0 Å². The van der Waals surface area contributed by atoms with Crippen molar-refractivity contribution in [3.8, 4) is 11.5 Å². The summed E-state index contributed by atoms with van der Waals surface area (Å²) in [7, 11) is 0. The minimum atomic E-state index is 0.000108. The van der Waals surface area contributed by atoms with E-state index in [1.165, 1.54) is 5.56 Å². The topological polar surface area (TPSA) is 38.8 Å². The van der Waals surface area contributed by atoms with E-state index in [2.05, 4.69) is 13.0 Å². The molecule has 4 rings (SSSR count). The maximum atomic E-state index is 12.6. The van der Waals surface area contributed by atoms with Crippen molar-refractivity contribution in [3.05, 3.63) is 59.7 Å². The van der Waals surface area contributed by atoms with Crippen molar-refractivity contribution >= 4 is 17.7 Å². The summed E-state index contributed by atoms with van der Waals surface area (Å²) in [4.78, 5) is 14.5. The largest absolute Gasteiger partial charge is 0.454 e. The van der Waals surface area contributed by atoms with Gasteiger partial charge in [-0.05, 0) is 48.7 Å². The van der Waals surface area contributed by atoms with Gasteiger partial charge in [-0.3, -0.25) is 4.79 Å². The Kier molecular flexibility index (Phi) is 3.30. The van der Waals surface area contributed by atoms with Crippen LogP contribution < -0.4 is 14.4 Å². The van der Waals surface area contributed by atoms with E-state index in [4.69, 9.17) is 9.47 Å². The predicted octanol–water partition coefficient (Wildman–Crippen LogP) is 3.41. The van der Waals surface area contributed by atoms with Crippen LogP contribution in [0.4, 0.5) is 5.69 Å². The molecule has 1 atom stereocenters. The Labute approximate surface area is 134 Å². The van der Waals surface area contributed by atoms with Gasteiger partial charge in [-0.15, -0.1) is 0 Å². The van der Waals surface area contributed by atoms with Crippen molar-refractivity contribution in [2.75, 3.05) is 11.7 Å². The zero-order chi connectivity index (χ0) is 15.8. The highest BCUT2D eigenvalue weighted by Gasteiger charge is 2.29. The van der Waals surface area contributed by atoms with Crippen LogP contribution in [0.15, 0.2) is 48.5 Å². The normalized spacial score (nSPS) is 18.5. The van der Waals surface area contributed by atoms with Crippen molar-refractivity contribution in [1.82, 2.24) is 0 Å². The fraction of sp³-hybridized carbons (Fsp3) is 0.211. The minimum absolute atomic E-state index is 0.000108. The third kappa shape index (κ3) is 2.46. The van der Waals surface area contributed by atoms with Crippen molar-refractivity contribution in [3.63, 3.8) is 0 Å². The number of ether oxygens (including phenoxy) is 2. The smallest absolute Gasteiger partial charge is 0.251 e. The van der Waals surface area contributed by atoms with Crippen LogP contribution in [0.5, 0.6) is 11.5 Å². The lowest BCUT2D eigenvalue weighted by Gasteiger charge is -2.20. The number of carbonyl (C=O) groups excluding carboxylic acids is 1. The second-order valence-electron chi connectivity index (χ2n) is 5.84. The number of para-hydroxylation sites is 1. The fourth-order valence-corrected chi connectivity index (χ4v) is 3.17. The van der Waals surface area contributed by atoms with Crippen LogP contribution in [-0.4, -0.2) is 18.7 Å². The molecular formula is C19H17NO3. The average molecular weight is 307 g/mol. The standard InChI is InChI=1S/C19H17NO3/c1-13-10-15-4-2-3-5-16(15)20(13)19(21)9-7-14-6-8-17-18(11-14)23-12-22-17/h2-9,11,13H,10,12H2,1H3/b9-7+/t13-/m1/s1. The SMILES string of the molecule is C[C@@H]1Cc2ccccc2N1C(=O)/C=C/c1ccc2c(c1)OCO2. The van der Waals surface area contributed by atoms with Crippen LogP contribution in [0.25, 0.3) is 6.08 Å². The van der Waals surface area contributed by atoms with Gasteiger partial charge in [-0.2, -0.15) is 0 Å². The summed E-state index contributed by atoms with van der Waals surface area (Å²) in [5.74, 6) is 1.47. The first kappa shape index (κ1) is 13.9. The summed E-state index contributed by atoms with van der Waals surface area (Å²) in [6.07, 6.45) is 4.34. The summed E-state index contributed by atoms with van der Waals surface area (Å²) < 4.78 is 10.6. The van der Waals surface area contributed by atoms with Gasteiger partial charge in [0.1, 0.15) is 0 Å². The lowest BCUT2D eigenvalue weighted by molar-refractivity contribution is -0.114. The highest BCUT2D eigenvalue weighted by Crippen LogP contribution is 2.34. The van der Waals surface area contributed by atoms with E-state index in [0.29, 0.717) is 0 Å². The van der Waals surface area contributed by atoms with E-state index < -0.39 is 0 Å². The summed E-state index contributed by atoms with van der Waals surface area (Å²) in [6.45, 7) is 2.33. The molecule has 0 radical (unpaired) electrons. The molecule has 0 saturated carbocycles. The van der Waals surface area contributed by atoms with E-state index in [9.17, 15) is 4.79 Å². The van der Waals surface area contributed by atoms with Gasteiger partial charge in [0.25, 0.3) is 5.91 Å². The molecule has 2 heterocycles. The number of benzene rings is 2. The van der Waals surface area contributed by atoms with Crippen LogP contribution in [-0.2, 0) is 11.2 Å². The Balaban J connectivity index is 1.56. The van der Waals surface area contributed by atoms with Crippen molar-refractivity contribution in [2.45, 2.75) is 19.4 Å². The number of anilines is 1. The van der Waals surface area contributed by atoms with E-state index in [1.54, 1.807) is 6.08 Å². The molecular weight excluding hydrogens is 290 g/mol. The summed E-state index contributed by atoms with van der Waals surface area (Å²) in [6, 6.07) is 13.9. The number of carbonyl (C=O) groups is 1. The first-order valence-electron chi connectivity index (χ1n) is 7.71. The lowest BCUT2D eigenvalue weighted by Crippen LogP contribution is -2.34. The molecule has 2 aromatic carbocycles. The fourth-order valence-electron chi connectivity index (χ4n) is 3.17. The van der Waals surface area contributed by atoms with Crippen molar-refractivity contribution in [2.24, 2.45) is 0 Å². The van der Waals surface area contributed by atoms with E-state index in [-0.39, 0.29) is 18.7 Å². The van der Waals surface area contributed by atoms with Gasteiger partial charge in [-0.1, -0.05) is 24.3 Å². The van der Waals surface area contributed by atoms with Crippen LogP contribution in [0.1, 0.15) is 18.1 Å². The quantitative estimate of drug-likeness (QED) is 0.798. The number of amides is 1. The van der Waals surface area contributed by atoms with Gasteiger partial charge in [0.15, 0.2) is 11.5 Å². The highest BCUT2D eigenvalue weighted by atomic mass is 16.7. The molecule has 0 aromatic heterocycles. The molecule has 0 aliphatic carbocycles. The Morgan fingerprint density at radius 1 is 1.17 bits per heavy atom. The summed E-state index contributed by atoms with van der Waals surface area (Å²) in [5, 5.41) is 0. The Morgan fingerprint density at radius 3 is 2.91 bits per heavy atom. The zero-order valence-electron chi connectivity index (χ0n) is 12.9. The minimum Gasteiger partial charge on any atom is -0.454 e. The number of nitrogens with zero attached hydrogens (tertiary/aromatic N) is 1. The van der Waals surface area contributed by atoms with Gasteiger partial charge in [0, 0.05) is 17.8 Å². The molecule has 2 aromatic rings.